The Hall–Kier alpha value is -1.11. The van der Waals surface area contributed by atoms with Gasteiger partial charge in [0.1, 0.15) is 4.90 Å². The third kappa shape index (κ3) is 3.96. The molecular formula is C15H24N2O3S. The van der Waals surface area contributed by atoms with Crippen molar-refractivity contribution >= 4 is 15.7 Å². The highest BCUT2D eigenvalue weighted by Gasteiger charge is 2.28. The number of benzene rings is 1. The minimum Gasteiger partial charge on any atom is -0.396 e. The maximum absolute atomic E-state index is 12.3. The number of sulfonamides is 1. The van der Waals surface area contributed by atoms with Crippen LogP contribution in [0.2, 0.25) is 0 Å². The second-order valence-electron chi connectivity index (χ2n) is 5.52. The van der Waals surface area contributed by atoms with Gasteiger partial charge in [-0.3, -0.25) is 0 Å². The van der Waals surface area contributed by atoms with Gasteiger partial charge in [-0.25, -0.2) is 13.1 Å². The predicted octanol–water partition coefficient (Wildman–Crippen LogP) is 1.95. The summed E-state index contributed by atoms with van der Waals surface area (Å²) < 4.78 is 27.3. The number of rotatable bonds is 7. The lowest BCUT2D eigenvalue weighted by Crippen LogP contribution is -2.29. The fourth-order valence-corrected chi connectivity index (χ4v) is 4.08. The highest BCUT2D eigenvalue weighted by molar-refractivity contribution is 7.89. The summed E-state index contributed by atoms with van der Waals surface area (Å²) in [6, 6.07) is 7.09. The van der Waals surface area contributed by atoms with Gasteiger partial charge < -0.3 is 10.4 Å². The fraction of sp³-hybridized carbons (Fsp3) is 0.600. The summed E-state index contributed by atoms with van der Waals surface area (Å²) in [6.45, 7) is 2.50. The van der Waals surface area contributed by atoms with Gasteiger partial charge >= 0.3 is 0 Å². The van der Waals surface area contributed by atoms with Gasteiger partial charge in [0.2, 0.25) is 10.0 Å². The van der Waals surface area contributed by atoms with Crippen LogP contribution in [0.15, 0.2) is 29.2 Å². The molecule has 1 aliphatic rings. The Bertz CT molecular complexity index is 560. The summed E-state index contributed by atoms with van der Waals surface area (Å²) in [6.07, 6.45) is 3.76. The lowest BCUT2D eigenvalue weighted by Gasteiger charge is -2.22. The highest BCUT2D eigenvalue weighted by atomic mass is 32.2. The molecule has 118 valence electrons. The van der Waals surface area contributed by atoms with Crippen molar-refractivity contribution in [3.8, 4) is 0 Å². The van der Waals surface area contributed by atoms with Gasteiger partial charge in [0, 0.05) is 25.1 Å². The van der Waals surface area contributed by atoms with Crippen molar-refractivity contribution in [2.75, 3.05) is 18.5 Å². The zero-order chi connectivity index (χ0) is 15.3. The van der Waals surface area contributed by atoms with Gasteiger partial charge in [0.15, 0.2) is 0 Å². The van der Waals surface area contributed by atoms with E-state index in [1.165, 1.54) is 0 Å². The Balaban J connectivity index is 2.21. The second kappa shape index (κ2) is 7.24. The van der Waals surface area contributed by atoms with Crippen LogP contribution in [0.3, 0.4) is 0 Å². The van der Waals surface area contributed by atoms with Crippen molar-refractivity contribution in [1.82, 2.24) is 4.72 Å². The molecule has 1 aromatic carbocycles. The van der Waals surface area contributed by atoms with E-state index in [0.717, 1.165) is 25.7 Å². The van der Waals surface area contributed by atoms with Crippen LogP contribution in [0.4, 0.5) is 5.69 Å². The van der Waals surface area contributed by atoms with Crippen molar-refractivity contribution in [3.63, 3.8) is 0 Å². The molecule has 2 rings (SSSR count). The normalized spacial score (nSPS) is 22.4. The largest absolute Gasteiger partial charge is 0.396 e. The van der Waals surface area contributed by atoms with Crippen LogP contribution in [0.1, 0.15) is 32.6 Å². The number of aliphatic hydroxyl groups excluding tert-OH is 1. The molecule has 0 heterocycles. The molecule has 0 amide bonds. The number of para-hydroxylation sites is 1. The van der Waals surface area contributed by atoms with E-state index in [9.17, 15) is 13.5 Å². The average Bonchev–Trinajstić information content (AvgIpc) is 2.93. The number of hydrogen-bond donors (Lipinski definition) is 3. The summed E-state index contributed by atoms with van der Waals surface area (Å²) in [4.78, 5) is 0.280. The Labute approximate surface area is 126 Å². The first-order valence-electron chi connectivity index (χ1n) is 7.54. The van der Waals surface area contributed by atoms with Gasteiger partial charge in [-0.1, -0.05) is 25.5 Å². The molecule has 2 unspecified atom stereocenters. The van der Waals surface area contributed by atoms with Crippen LogP contribution in [0, 0.1) is 5.92 Å². The second-order valence-corrected chi connectivity index (χ2v) is 7.25. The molecule has 1 aliphatic carbocycles. The standard InChI is InChI=1S/C15H24N2O3S/c1-2-10-16-21(19,20)15-9-4-3-7-14(15)17-13-8-5-6-12(13)11-18/h3-4,7,9,12-13,16-18H,2,5-6,8,10-11H2,1H3. The number of aliphatic hydroxyl groups is 1. The molecule has 5 nitrogen and oxygen atoms in total. The minimum absolute atomic E-state index is 0.137. The van der Waals surface area contributed by atoms with Crippen molar-refractivity contribution in [1.29, 1.82) is 0 Å². The Morgan fingerprint density at radius 1 is 1.29 bits per heavy atom. The highest BCUT2D eigenvalue weighted by Crippen LogP contribution is 2.30. The molecule has 1 fully saturated rings. The van der Waals surface area contributed by atoms with E-state index in [1.54, 1.807) is 18.2 Å². The Morgan fingerprint density at radius 2 is 2.05 bits per heavy atom. The zero-order valence-electron chi connectivity index (χ0n) is 12.4. The summed E-state index contributed by atoms with van der Waals surface area (Å²) in [5, 5.41) is 12.7. The predicted molar refractivity (Wildman–Crippen MR) is 83.8 cm³/mol. The first-order chi connectivity index (χ1) is 10.1. The van der Waals surface area contributed by atoms with Crippen LogP contribution in [0.25, 0.3) is 0 Å². The zero-order valence-corrected chi connectivity index (χ0v) is 13.2. The van der Waals surface area contributed by atoms with E-state index in [4.69, 9.17) is 0 Å². The molecular weight excluding hydrogens is 288 g/mol. The summed E-state index contributed by atoms with van der Waals surface area (Å²) in [5.41, 5.74) is 0.617. The first kappa shape index (κ1) is 16.3. The molecule has 0 aliphatic heterocycles. The van der Waals surface area contributed by atoms with Gasteiger partial charge in [-0.2, -0.15) is 0 Å². The van der Waals surface area contributed by atoms with Crippen molar-refractivity contribution in [2.45, 2.75) is 43.5 Å². The maximum Gasteiger partial charge on any atom is 0.242 e. The van der Waals surface area contributed by atoms with Crippen molar-refractivity contribution in [3.05, 3.63) is 24.3 Å². The molecule has 2 atom stereocenters. The van der Waals surface area contributed by atoms with Crippen LogP contribution in [-0.4, -0.2) is 32.7 Å². The van der Waals surface area contributed by atoms with Crippen LogP contribution >= 0.6 is 0 Å². The monoisotopic (exact) mass is 312 g/mol. The SMILES string of the molecule is CCCNS(=O)(=O)c1ccccc1NC1CCCC1CO. The Kier molecular flexibility index (Phi) is 5.61. The van der Waals surface area contributed by atoms with Gasteiger partial charge in [0.05, 0.1) is 5.69 Å². The Morgan fingerprint density at radius 3 is 2.76 bits per heavy atom. The number of hydrogen-bond acceptors (Lipinski definition) is 4. The summed E-state index contributed by atoms with van der Waals surface area (Å²) in [7, 11) is -3.49. The quantitative estimate of drug-likeness (QED) is 0.719. The molecule has 1 saturated carbocycles. The molecule has 0 saturated heterocycles. The maximum atomic E-state index is 12.3. The number of anilines is 1. The van der Waals surface area contributed by atoms with E-state index in [0.29, 0.717) is 12.2 Å². The van der Waals surface area contributed by atoms with E-state index in [1.807, 2.05) is 13.0 Å². The third-order valence-electron chi connectivity index (χ3n) is 3.95. The third-order valence-corrected chi connectivity index (χ3v) is 5.47. The molecule has 1 aromatic rings. The van der Waals surface area contributed by atoms with E-state index in [-0.39, 0.29) is 23.5 Å². The van der Waals surface area contributed by atoms with Crippen LogP contribution in [-0.2, 0) is 10.0 Å². The van der Waals surface area contributed by atoms with E-state index >= 15 is 0 Å². The molecule has 21 heavy (non-hydrogen) atoms. The lowest BCUT2D eigenvalue weighted by atomic mass is 10.0. The van der Waals surface area contributed by atoms with Crippen molar-refractivity contribution < 1.29 is 13.5 Å². The van der Waals surface area contributed by atoms with E-state index in [2.05, 4.69) is 10.0 Å². The van der Waals surface area contributed by atoms with E-state index < -0.39 is 10.0 Å². The van der Waals surface area contributed by atoms with Crippen LogP contribution < -0.4 is 10.0 Å². The molecule has 6 heteroatoms. The van der Waals surface area contributed by atoms with Gasteiger partial charge in [-0.05, 0) is 31.4 Å². The molecule has 0 bridgehead atoms. The average molecular weight is 312 g/mol. The summed E-state index contributed by atoms with van der Waals surface area (Å²) >= 11 is 0. The molecule has 0 spiro atoms. The lowest BCUT2D eigenvalue weighted by molar-refractivity contribution is 0.222. The van der Waals surface area contributed by atoms with Gasteiger partial charge in [-0.15, -0.1) is 0 Å². The number of nitrogens with one attached hydrogen (secondary N) is 2. The smallest absolute Gasteiger partial charge is 0.242 e. The minimum atomic E-state index is -3.49. The van der Waals surface area contributed by atoms with Crippen molar-refractivity contribution in [2.24, 2.45) is 5.92 Å². The molecule has 0 aromatic heterocycles. The topological polar surface area (TPSA) is 78.4 Å². The molecule has 0 radical (unpaired) electrons. The molecule has 3 N–H and O–H groups in total. The summed E-state index contributed by atoms with van der Waals surface area (Å²) in [5.74, 6) is 0.198. The fourth-order valence-electron chi connectivity index (χ4n) is 2.78. The van der Waals surface area contributed by atoms with Gasteiger partial charge in [0.25, 0.3) is 0 Å². The van der Waals surface area contributed by atoms with Crippen LogP contribution in [0.5, 0.6) is 0 Å². The first-order valence-corrected chi connectivity index (χ1v) is 9.03.